The number of rotatable bonds is 4. The van der Waals surface area contributed by atoms with Crippen LogP contribution in [0.4, 0.5) is 0 Å². The van der Waals surface area contributed by atoms with E-state index in [0.717, 1.165) is 6.08 Å². The molecule has 0 radical (unpaired) electrons. The molecule has 1 spiro atoms. The Morgan fingerprint density at radius 2 is 1.82 bits per heavy atom. The molecule has 3 aliphatic heterocycles. The van der Waals surface area contributed by atoms with Crippen LogP contribution >= 0.6 is 0 Å². The zero-order chi connectivity index (χ0) is 29.0. The average Bonchev–Trinajstić information content (AvgIpc) is 3.38. The van der Waals surface area contributed by atoms with Crippen LogP contribution in [0.15, 0.2) is 35.2 Å². The lowest BCUT2D eigenvalue weighted by Gasteiger charge is -2.64. The number of ether oxygens (including phenoxy) is 5. The SMILES string of the molecule is COC(=O)/C=C/[C@@]12C(=O)OC(C)(C)[C@@H]1CC(=O)[C@]1(C)[C@H]2[C@H](OC(C)=O)C[C@@]2(C)[C@H](c3ccoc3)OC(=O)[C@H]3O[C@]321. The zero-order valence-corrected chi connectivity index (χ0v) is 23.2. The monoisotopic (exact) mass is 556 g/mol. The summed E-state index contributed by atoms with van der Waals surface area (Å²) in [6.07, 6.45) is 2.54. The van der Waals surface area contributed by atoms with Gasteiger partial charge in [-0.3, -0.25) is 14.4 Å². The second-order valence-electron chi connectivity index (χ2n) is 12.5. The fraction of sp³-hybridized carbons (Fsp3) is 0.621. The van der Waals surface area contributed by atoms with Gasteiger partial charge in [0, 0.05) is 42.2 Å². The molecule has 1 aromatic heterocycles. The van der Waals surface area contributed by atoms with Crippen LogP contribution in [0.25, 0.3) is 0 Å². The first-order valence-corrected chi connectivity index (χ1v) is 13.3. The number of methoxy groups -OCH3 is 1. The number of esters is 4. The molecule has 9 atom stereocenters. The Morgan fingerprint density at radius 3 is 2.45 bits per heavy atom. The highest BCUT2D eigenvalue weighted by Crippen LogP contribution is 2.79. The zero-order valence-electron chi connectivity index (χ0n) is 23.2. The summed E-state index contributed by atoms with van der Waals surface area (Å²) < 4.78 is 34.1. The van der Waals surface area contributed by atoms with Crippen LogP contribution in [0.2, 0.25) is 0 Å². The number of epoxide rings is 1. The molecule has 5 aliphatic rings. The van der Waals surface area contributed by atoms with Crippen molar-refractivity contribution in [3.8, 4) is 0 Å². The number of carbonyl (C=O) groups is 5. The largest absolute Gasteiger partial charge is 0.472 e. The van der Waals surface area contributed by atoms with Gasteiger partial charge in [0.1, 0.15) is 34.6 Å². The fourth-order valence-corrected chi connectivity index (χ4v) is 8.87. The minimum Gasteiger partial charge on any atom is -0.472 e. The second kappa shape index (κ2) is 8.05. The Balaban J connectivity index is 1.63. The van der Waals surface area contributed by atoms with E-state index in [1.165, 1.54) is 32.6 Å². The normalized spacial score (nSPS) is 44.5. The van der Waals surface area contributed by atoms with Gasteiger partial charge in [0.05, 0.1) is 25.1 Å². The van der Waals surface area contributed by atoms with Crippen molar-refractivity contribution in [1.82, 2.24) is 0 Å². The van der Waals surface area contributed by atoms with Crippen LogP contribution in [0.1, 0.15) is 59.1 Å². The van der Waals surface area contributed by atoms with Gasteiger partial charge in [0.25, 0.3) is 0 Å². The molecule has 0 unspecified atom stereocenters. The molecular formula is C29H32O11. The van der Waals surface area contributed by atoms with Gasteiger partial charge in [0.15, 0.2) is 6.10 Å². The van der Waals surface area contributed by atoms with E-state index < -0.39 is 81.5 Å². The summed E-state index contributed by atoms with van der Waals surface area (Å²) in [4.78, 5) is 66.7. The van der Waals surface area contributed by atoms with Gasteiger partial charge in [0.2, 0.25) is 0 Å². The van der Waals surface area contributed by atoms with Crippen molar-refractivity contribution >= 4 is 29.7 Å². The van der Waals surface area contributed by atoms with Crippen LogP contribution in [-0.4, -0.2) is 60.2 Å². The van der Waals surface area contributed by atoms with Crippen LogP contribution in [-0.2, 0) is 47.7 Å². The Hall–Kier alpha value is -3.47. The van der Waals surface area contributed by atoms with E-state index in [4.69, 9.17) is 28.1 Å². The highest BCUT2D eigenvalue weighted by Gasteiger charge is 2.91. The van der Waals surface area contributed by atoms with Gasteiger partial charge in [-0.15, -0.1) is 0 Å². The number of hydrogen-bond donors (Lipinski definition) is 0. The van der Waals surface area contributed by atoms with Gasteiger partial charge in [-0.05, 0) is 33.3 Å². The molecular weight excluding hydrogens is 524 g/mol. The molecule has 11 nitrogen and oxygen atoms in total. The summed E-state index contributed by atoms with van der Waals surface area (Å²) in [5, 5.41) is 0. The number of carbonyl (C=O) groups excluding carboxylic acids is 5. The number of fused-ring (bicyclic) bond motifs is 3. The lowest BCUT2D eigenvalue weighted by atomic mass is 9.37. The number of Topliss-reactive ketones (excluding diaryl/α,β-unsaturated/α-hetero) is 1. The highest BCUT2D eigenvalue weighted by atomic mass is 16.7. The average molecular weight is 557 g/mol. The smallest absolute Gasteiger partial charge is 0.339 e. The van der Waals surface area contributed by atoms with Crippen LogP contribution in [0.3, 0.4) is 0 Å². The van der Waals surface area contributed by atoms with Gasteiger partial charge in [-0.1, -0.05) is 13.0 Å². The molecule has 0 N–H and O–H groups in total. The summed E-state index contributed by atoms with van der Waals surface area (Å²) in [7, 11) is 1.21. The van der Waals surface area contributed by atoms with Crippen LogP contribution in [0, 0.1) is 28.1 Å². The first-order chi connectivity index (χ1) is 18.7. The van der Waals surface area contributed by atoms with Crippen molar-refractivity contribution < 1.29 is 52.1 Å². The molecule has 5 fully saturated rings. The first-order valence-electron chi connectivity index (χ1n) is 13.3. The van der Waals surface area contributed by atoms with Crippen LogP contribution in [0.5, 0.6) is 0 Å². The predicted octanol–water partition coefficient (Wildman–Crippen LogP) is 2.62. The van der Waals surface area contributed by atoms with Gasteiger partial charge in [-0.25, -0.2) is 9.59 Å². The van der Waals surface area contributed by atoms with E-state index in [0.29, 0.717) is 5.56 Å². The van der Waals surface area contributed by atoms with E-state index in [2.05, 4.69) is 0 Å². The molecule has 6 rings (SSSR count). The molecule has 3 saturated heterocycles. The van der Waals surface area contributed by atoms with Gasteiger partial charge < -0.3 is 28.1 Å². The molecule has 11 heteroatoms. The lowest BCUT2D eigenvalue weighted by molar-refractivity contribution is -0.235. The second-order valence-corrected chi connectivity index (χ2v) is 12.5. The summed E-state index contributed by atoms with van der Waals surface area (Å²) in [6.45, 7) is 8.22. The van der Waals surface area contributed by atoms with E-state index >= 15 is 0 Å². The molecule has 1 aromatic rings. The maximum absolute atomic E-state index is 14.5. The molecule has 0 bridgehead atoms. The quantitative estimate of drug-likeness (QED) is 0.233. The van der Waals surface area contributed by atoms with E-state index in [1.54, 1.807) is 26.8 Å². The van der Waals surface area contributed by atoms with E-state index in [9.17, 15) is 24.0 Å². The van der Waals surface area contributed by atoms with Gasteiger partial charge >= 0.3 is 23.9 Å². The Morgan fingerprint density at radius 1 is 1.10 bits per heavy atom. The molecule has 0 aromatic carbocycles. The first kappa shape index (κ1) is 26.7. The third-order valence-corrected chi connectivity index (χ3v) is 10.3. The lowest BCUT2D eigenvalue weighted by Crippen LogP contribution is -2.74. The molecule has 2 aliphatic carbocycles. The summed E-state index contributed by atoms with van der Waals surface area (Å²) in [5.74, 6) is -4.56. The Bertz CT molecular complexity index is 1360. The van der Waals surface area contributed by atoms with Crippen LogP contribution < -0.4 is 0 Å². The summed E-state index contributed by atoms with van der Waals surface area (Å²) >= 11 is 0. The summed E-state index contributed by atoms with van der Waals surface area (Å²) in [5.41, 5.74) is -6.06. The topological polar surface area (TPSA) is 148 Å². The Labute approximate surface area is 230 Å². The van der Waals surface area contributed by atoms with Crippen molar-refractivity contribution in [2.45, 2.75) is 77.0 Å². The standard InChI is InChI=1S/C29H32O11/c1-14(30)37-16-12-26(4)21(15-8-10-36-13-15)38-23(33)22-29(26,39-22)27(5)18(31)11-17-25(2,3)40-24(34)28(17,20(16)27)9-7-19(32)35-6/h7-10,13,16-17,20-22H,11-12H2,1-6H3/b9-7+/t16-,17+,20-,21+,22-,26+,27-,28-,29-/m1/s1. The summed E-state index contributed by atoms with van der Waals surface area (Å²) in [6, 6.07) is 1.67. The number of furan rings is 1. The number of ketones is 1. The fourth-order valence-electron chi connectivity index (χ4n) is 8.87. The van der Waals surface area contributed by atoms with Crippen molar-refractivity contribution in [3.05, 3.63) is 36.3 Å². The molecule has 4 heterocycles. The maximum atomic E-state index is 14.5. The van der Waals surface area contributed by atoms with E-state index in [-0.39, 0.29) is 18.6 Å². The predicted molar refractivity (Wildman–Crippen MR) is 132 cm³/mol. The van der Waals surface area contributed by atoms with Crippen molar-refractivity contribution in [2.24, 2.45) is 28.1 Å². The van der Waals surface area contributed by atoms with Crippen molar-refractivity contribution in [1.29, 1.82) is 0 Å². The molecule has 214 valence electrons. The van der Waals surface area contributed by atoms with E-state index in [1.807, 2.05) is 6.92 Å². The third-order valence-electron chi connectivity index (χ3n) is 10.3. The Kier molecular flexibility index (Phi) is 5.38. The molecule has 2 saturated carbocycles. The molecule has 40 heavy (non-hydrogen) atoms. The van der Waals surface area contributed by atoms with Gasteiger partial charge in [-0.2, -0.15) is 0 Å². The highest BCUT2D eigenvalue weighted by molar-refractivity contribution is 5.97. The number of hydrogen-bond acceptors (Lipinski definition) is 11. The van der Waals surface area contributed by atoms with Crippen molar-refractivity contribution in [2.75, 3.05) is 7.11 Å². The maximum Gasteiger partial charge on any atom is 0.339 e. The third kappa shape index (κ3) is 2.96. The van der Waals surface area contributed by atoms with Crippen molar-refractivity contribution in [3.63, 3.8) is 0 Å². The minimum atomic E-state index is -1.57. The number of cyclic esters (lactones) is 2. The minimum absolute atomic E-state index is 0.0913. The molecule has 0 amide bonds.